The maximum Gasteiger partial charge on any atom is 0.171 e. The number of nitrogens with two attached hydrogens (primary N) is 1. The zero-order valence-electron chi connectivity index (χ0n) is 9.22. The first-order valence-corrected chi connectivity index (χ1v) is 5.88. The van der Waals surface area contributed by atoms with E-state index in [9.17, 15) is 0 Å². The second-order valence-electron chi connectivity index (χ2n) is 4.72. The summed E-state index contributed by atoms with van der Waals surface area (Å²) in [6, 6.07) is 0. The van der Waals surface area contributed by atoms with E-state index in [1.54, 1.807) is 6.20 Å². The van der Waals surface area contributed by atoms with Gasteiger partial charge in [-0.2, -0.15) is 5.10 Å². The van der Waals surface area contributed by atoms with Gasteiger partial charge in [0.2, 0.25) is 0 Å². The van der Waals surface area contributed by atoms with Crippen LogP contribution in [0.2, 0.25) is 0 Å². The van der Waals surface area contributed by atoms with Gasteiger partial charge in [0.25, 0.3) is 0 Å². The highest BCUT2D eigenvalue weighted by Gasteiger charge is 2.43. The van der Waals surface area contributed by atoms with Gasteiger partial charge in [-0.15, -0.1) is 5.10 Å². The molecule has 1 saturated heterocycles. The average Bonchev–Trinajstić information content (AvgIpc) is 3.10. The van der Waals surface area contributed by atoms with Crippen LogP contribution < -0.4 is 5.73 Å². The maximum atomic E-state index is 6.06. The van der Waals surface area contributed by atoms with E-state index in [4.69, 9.17) is 10.5 Å². The summed E-state index contributed by atoms with van der Waals surface area (Å²) in [5.74, 6) is 0.680. The molecule has 1 aromatic rings. The van der Waals surface area contributed by atoms with Gasteiger partial charge in [-0.05, 0) is 32.1 Å². The predicted molar refractivity (Wildman–Crippen MR) is 57.5 cm³/mol. The van der Waals surface area contributed by atoms with Crippen molar-refractivity contribution in [3.8, 4) is 0 Å². The second-order valence-corrected chi connectivity index (χ2v) is 4.72. The summed E-state index contributed by atoms with van der Waals surface area (Å²) in [5, 5.41) is 8.02. The smallest absolute Gasteiger partial charge is 0.171 e. The molecule has 1 saturated carbocycles. The van der Waals surface area contributed by atoms with Crippen molar-refractivity contribution in [2.45, 2.75) is 43.7 Å². The highest BCUT2D eigenvalue weighted by molar-refractivity contribution is 5.15. The van der Waals surface area contributed by atoms with Gasteiger partial charge in [-0.1, -0.05) is 0 Å². The summed E-state index contributed by atoms with van der Waals surface area (Å²) < 4.78 is 5.68. The molecule has 0 amide bonds. The number of rotatable bonds is 2. The fraction of sp³-hybridized carbons (Fsp3) is 0.727. The summed E-state index contributed by atoms with van der Waals surface area (Å²) in [5.41, 5.74) is 6.64. The first kappa shape index (κ1) is 10.1. The summed E-state index contributed by atoms with van der Waals surface area (Å²) in [4.78, 5) is 4.51. The van der Waals surface area contributed by atoms with Gasteiger partial charge in [0.05, 0.1) is 17.4 Å². The maximum absolute atomic E-state index is 6.06. The van der Waals surface area contributed by atoms with Crippen LogP contribution in [0.15, 0.2) is 6.20 Å². The van der Waals surface area contributed by atoms with Crippen LogP contribution >= 0.6 is 0 Å². The molecular weight excluding hydrogens is 204 g/mol. The van der Waals surface area contributed by atoms with Crippen LogP contribution in [-0.4, -0.2) is 21.8 Å². The molecule has 86 valence electrons. The molecule has 2 N–H and O–H groups in total. The Hall–Kier alpha value is -1.07. The fourth-order valence-corrected chi connectivity index (χ4v) is 2.01. The van der Waals surface area contributed by atoms with Crippen molar-refractivity contribution in [2.75, 3.05) is 6.61 Å². The van der Waals surface area contributed by atoms with Crippen molar-refractivity contribution in [3.63, 3.8) is 0 Å². The molecule has 16 heavy (non-hydrogen) atoms. The van der Waals surface area contributed by atoms with Crippen LogP contribution in [0, 0.1) is 0 Å². The summed E-state index contributed by atoms with van der Waals surface area (Å²) in [6.45, 7) is 0.817. The van der Waals surface area contributed by atoms with Crippen molar-refractivity contribution in [3.05, 3.63) is 17.7 Å². The monoisotopic (exact) mass is 220 g/mol. The Balaban J connectivity index is 1.84. The summed E-state index contributed by atoms with van der Waals surface area (Å²) in [7, 11) is 0. The first-order valence-electron chi connectivity index (χ1n) is 5.88. The van der Waals surface area contributed by atoms with Crippen molar-refractivity contribution < 1.29 is 4.74 Å². The molecule has 5 nitrogen and oxygen atoms in total. The van der Waals surface area contributed by atoms with Gasteiger partial charge in [0.15, 0.2) is 5.82 Å². The lowest BCUT2D eigenvalue weighted by Crippen LogP contribution is -2.24. The van der Waals surface area contributed by atoms with Crippen LogP contribution in [0.3, 0.4) is 0 Å². The molecule has 2 fully saturated rings. The third-order valence-corrected chi connectivity index (χ3v) is 3.32. The minimum atomic E-state index is -0.308. The zero-order chi connectivity index (χ0) is 11.0. The molecule has 2 aliphatic rings. The molecule has 1 unspecified atom stereocenters. The van der Waals surface area contributed by atoms with Gasteiger partial charge in [-0.25, -0.2) is 4.98 Å². The Morgan fingerprint density at radius 2 is 2.25 bits per heavy atom. The third-order valence-electron chi connectivity index (χ3n) is 3.32. The lowest BCUT2D eigenvalue weighted by molar-refractivity contribution is 0.0117. The van der Waals surface area contributed by atoms with Crippen molar-refractivity contribution in [2.24, 2.45) is 5.73 Å². The van der Waals surface area contributed by atoms with Gasteiger partial charge in [-0.3, -0.25) is 0 Å². The largest absolute Gasteiger partial charge is 0.372 e. The lowest BCUT2D eigenvalue weighted by Gasteiger charge is -2.22. The quantitative estimate of drug-likeness (QED) is 0.806. The van der Waals surface area contributed by atoms with Crippen LogP contribution in [0.1, 0.15) is 49.7 Å². The molecule has 1 aromatic heterocycles. The van der Waals surface area contributed by atoms with E-state index in [1.165, 1.54) is 6.42 Å². The number of hydrogen-bond donors (Lipinski definition) is 1. The lowest BCUT2D eigenvalue weighted by atomic mass is 10.1. The minimum Gasteiger partial charge on any atom is -0.372 e. The number of nitrogens with zero attached hydrogens (tertiary/aromatic N) is 3. The number of ether oxygens (including phenoxy) is 1. The van der Waals surface area contributed by atoms with E-state index in [2.05, 4.69) is 15.2 Å². The van der Waals surface area contributed by atoms with E-state index >= 15 is 0 Å². The minimum absolute atomic E-state index is 0.0883. The summed E-state index contributed by atoms with van der Waals surface area (Å²) in [6.07, 6.45) is 7.07. The Labute approximate surface area is 94.4 Å². The average molecular weight is 220 g/mol. The van der Waals surface area contributed by atoms with Crippen LogP contribution in [0.25, 0.3) is 0 Å². The molecule has 1 aliphatic carbocycles. The van der Waals surface area contributed by atoms with Crippen LogP contribution in [0.4, 0.5) is 0 Å². The number of hydrogen-bond acceptors (Lipinski definition) is 5. The van der Waals surface area contributed by atoms with E-state index in [0.717, 1.165) is 38.0 Å². The molecule has 0 radical (unpaired) electrons. The molecule has 0 bridgehead atoms. The zero-order valence-corrected chi connectivity index (χ0v) is 9.22. The van der Waals surface area contributed by atoms with Crippen molar-refractivity contribution in [1.82, 2.24) is 15.2 Å². The topological polar surface area (TPSA) is 73.9 Å². The van der Waals surface area contributed by atoms with Crippen LogP contribution in [-0.2, 0) is 10.3 Å². The van der Waals surface area contributed by atoms with Gasteiger partial charge >= 0.3 is 0 Å². The standard InChI is InChI=1S/C11H16N4O/c12-11(4-5-11)10-14-8(7-13-15-10)9-3-1-2-6-16-9/h7,9H,1-6,12H2. The Kier molecular flexibility index (Phi) is 2.37. The molecule has 5 heteroatoms. The molecule has 0 spiro atoms. The number of aromatic nitrogens is 3. The van der Waals surface area contributed by atoms with E-state index < -0.39 is 0 Å². The SMILES string of the molecule is NC1(c2nncc(C3CCCCO3)n2)CC1. The van der Waals surface area contributed by atoms with E-state index in [0.29, 0.717) is 5.82 Å². The highest BCUT2D eigenvalue weighted by atomic mass is 16.5. The Morgan fingerprint density at radius 1 is 1.38 bits per heavy atom. The van der Waals surface area contributed by atoms with E-state index in [1.807, 2.05) is 0 Å². The third kappa shape index (κ3) is 1.81. The molecule has 0 aromatic carbocycles. The molecule has 1 aliphatic heterocycles. The van der Waals surface area contributed by atoms with Gasteiger partial charge in [0.1, 0.15) is 6.10 Å². The second kappa shape index (κ2) is 3.75. The molecule has 3 rings (SSSR count). The molecular formula is C11H16N4O. The van der Waals surface area contributed by atoms with Crippen LogP contribution in [0.5, 0.6) is 0 Å². The molecule has 1 atom stereocenters. The van der Waals surface area contributed by atoms with E-state index in [-0.39, 0.29) is 11.6 Å². The highest BCUT2D eigenvalue weighted by Crippen LogP contribution is 2.40. The Bertz CT molecular complexity index is 385. The fourth-order valence-electron chi connectivity index (χ4n) is 2.01. The Morgan fingerprint density at radius 3 is 2.94 bits per heavy atom. The van der Waals surface area contributed by atoms with Gasteiger partial charge < -0.3 is 10.5 Å². The van der Waals surface area contributed by atoms with Crippen molar-refractivity contribution >= 4 is 0 Å². The van der Waals surface area contributed by atoms with Crippen molar-refractivity contribution in [1.29, 1.82) is 0 Å². The normalized spacial score (nSPS) is 27.7. The molecule has 2 heterocycles. The first-order chi connectivity index (χ1) is 7.78. The van der Waals surface area contributed by atoms with Gasteiger partial charge in [0, 0.05) is 6.61 Å². The predicted octanol–water partition coefficient (Wildman–Crippen LogP) is 1.06. The summed E-state index contributed by atoms with van der Waals surface area (Å²) >= 11 is 0.